The molecule has 0 rings (SSSR count). The van der Waals surface area contributed by atoms with Gasteiger partial charge in [0.25, 0.3) is 0 Å². The van der Waals surface area contributed by atoms with Gasteiger partial charge in [-0.15, -0.1) is 6.58 Å². The summed E-state index contributed by atoms with van der Waals surface area (Å²) in [5.74, 6) is -0.897. The van der Waals surface area contributed by atoms with Crippen LogP contribution in [0.4, 0.5) is 0 Å². The van der Waals surface area contributed by atoms with Crippen molar-refractivity contribution in [1.82, 2.24) is 4.90 Å². The minimum Gasteiger partial charge on any atom is -0.478 e. The van der Waals surface area contributed by atoms with Gasteiger partial charge in [0.15, 0.2) is 0 Å². The van der Waals surface area contributed by atoms with E-state index < -0.39 is 5.97 Å². The number of rotatable bonds is 10. The highest BCUT2D eigenvalue weighted by molar-refractivity contribution is 5.85. The first-order valence-corrected chi connectivity index (χ1v) is 5.93. The molecule has 0 fully saturated rings. The Bertz CT molecular complexity index is 282. The van der Waals surface area contributed by atoms with Gasteiger partial charge < -0.3 is 10.0 Å². The zero-order valence-corrected chi connectivity index (χ0v) is 10.7. The van der Waals surface area contributed by atoms with E-state index in [0.29, 0.717) is 6.42 Å². The minimum atomic E-state index is -0.897. The Hall–Kier alpha value is -1.35. The number of nitrogens with zero attached hydrogens (tertiary/aromatic N) is 1. The van der Waals surface area contributed by atoms with E-state index in [1.54, 1.807) is 0 Å². The maximum Gasteiger partial charge on any atom is 0.331 e. The van der Waals surface area contributed by atoms with Crippen LogP contribution in [0, 0.1) is 0 Å². The van der Waals surface area contributed by atoms with Crippen LogP contribution in [0.5, 0.6) is 0 Å². The van der Waals surface area contributed by atoms with Crippen LogP contribution in [0.1, 0.15) is 25.7 Å². The predicted molar refractivity (Wildman–Crippen MR) is 72.1 cm³/mol. The molecule has 0 aliphatic heterocycles. The average Bonchev–Trinajstić information content (AvgIpc) is 2.30. The molecule has 0 aromatic rings. The van der Waals surface area contributed by atoms with Gasteiger partial charge in [0.2, 0.25) is 0 Å². The van der Waals surface area contributed by atoms with Crippen LogP contribution in [0.2, 0.25) is 0 Å². The highest BCUT2D eigenvalue weighted by Gasteiger charge is 2.05. The van der Waals surface area contributed by atoms with Crippen molar-refractivity contribution in [2.75, 3.05) is 20.1 Å². The van der Waals surface area contributed by atoms with E-state index in [0.717, 1.165) is 32.4 Å². The van der Waals surface area contributed by atoms with Crippen molar-refractivity contribution in [2.24, 2.45) is 0 Å². The SMILES string of the molecule is C=CC/C=C\CCCN(C)CCC(=C)C(=O)O. The summed E-state index contributed by atoms with van der Waals surface area (Å²) in [5.41, 5.74) is 0.280. The Balaban J connectivity index is 3.53. The molecule has 17 heavy (non-hydrogen) atoms. The Labute approximate surface area is 104 Å². The smallest absolute Gasteiger partial charge is 0.331 e. The second kappa shape index (κ2) is 9.85. The van der Waals surface area contributed by atoms with E-state index in [4.69, 9.17) is 5.11 Å². The van der Waals surface area contributed by atoms with E-state index >= 15 is 0 Å². The fourth-order valence-corrected chi connectivity index (χ4v) is 1.33. The fourth-order valence-electron chi connectivity index (χ4n) is 1.33. The van der Waals surface area contributed by atoms with Gasteiger partial charge in [-0.05, 0) is 39.3 Å². The second-order valence-corrected chi connectivity index (χ2v) is 4.10. The van der Waals surface area contributed by atoms with E-state index in [1.807, 2.05) is 13.1 Å². The van der Waals surface area contributed by atoms with Gasteiger partial charge in [0.05, 0.1) is 0 Å². The molecule has 0 aromatic carbocycles. The first-order valence-electron chi connectivity index (χ1n) is 5.93. The molecule has 0 radical (unpaired) electrons. The van der Waals surface area contributed by atoms with Gasteiger partial charge in [-0.2, -0.15) is 0 Å². The summed E-state index contributed by atoms with van der Waals surface area (Å²) in [6.07, 6.45) is 9.74. The number of carboxylic acid groups (broad SMARTS) is 1. The maximum absolute atomic E-state index is 10.5. The zero-order valence-electron chi connectivity index (χ0n) is 10.7. The highest BCUT2D eigenvalue weighted by atomic mass is 16.4. The Morgan fingerprint density at radius 1 is 1.35 bits per heavy atom. The fraction of sp³-hybridized carbons (Fsp3) is 0.500. The van der Waals surface area contributed by atoms with Gasteiger partial charge in [-0.25, -0.2) is 4.79 Å². The molecule has 0 saturated heterocycles. The number of aliphatic carboxylic acids is 1. The van der Waals surface area contributed by atoms with Crippen molar-refractivity contribution >= 4 is 5.97 Å². The van der Waals surface area contributed by atoms with Crippen LogP contribution in [0.25, 0.3) is 0 Å². The Morgan fingerprint density at radius 2 is 2.06 bits per heavy atom. The summed E-state index contributed by atoms with van der Waals surface area (Å²) in [6.45, 7) is 8.88. The molecule has 0 atom stereocenters. The summed E-state index contributed by atoms with van der Waals surface area (Å²) >= 11 is 0. The summed E-state index contributed by atoms with van der Waals surface area (Å²) < 4.78 is 0. The van der Waals surface area contributed by atoms with Gasteiger partial charge in [0, 0.05) is 12.1 Å². The van der Waals surface area contributed by atoms with Crippen molar-refractivity contribution < 1.29 is 9.90 Å². The molecule has 96 valence electrons. The third-order valence-electron chi connectivity index (χ3n) is 2.48. The number of allylic oxidation sites excluding steroid dienone is 3. The summed E-state index contributed by atoms with van der Waals surface area (Å²) in [7, 11) is 2.00. The Kier molecular flexibility index (Phi) is 9.06. The molecule has 0 saturated carbocycles. The molecule has 0 aliphatic carbocycles. The number of hydrogen-bond acceptors (Lipinski definition) is 2. The quantitative estimate of drug-likeness (QED) is 0.361. The molecular weight excluding hydrogens is 214 g/mol. The lowest BCUT2D eigenvalue weighted by Gasteiger charge is -2.15. The van der Waals surface area contributed by atoms with Crippen molar-refractivity contribution in [3.63, 3.8) is 0 Å². The molecule has 0 heterocycles. The van der Waals surface area contributed by atoms with Crippen LogP contribution in [0.15, 0.2) is 37.0 Å². The first kappa shape index (κ1) is 15.7. The molecule has 0 aliphatic rings. The van der Waals surface area contributed by atoms with Crippen LogP contribution < -0.4 is 0 Å². The standard InChI is InChI=1S/C14H23NO2/c1-4-5-6-7-8-9-11-15(3)12-10-13(2)14(16)17/h4,6-7H,1-2,5,8-12H2,3H3,(H,16,17)/b7-6-. The summed E-state index contributed by atoms with van der Waals surface area (Å²) in [6, 6.07) is 0. The monoisotopic (exact) mass is 237 g/mol. The Morgan fingerprint density at radius 3 is 2.65 bits per heavy atom. The van der Waals surface area contributed by atoms with Crippen molar-refractivity contribution in [2.45, 2.75) is 25.7 Å². The van der Waals surface area contributed by atoms with Crippen molar-refractivity contribution in [3.05, 3.63) is 37.0 Å². The summed E-state index contributed by atoms with van der Waals surface area (Å²) in [4.78, 5) is 12.7. The largest absolute Gasteiger partial charge is 0.478 e. The second-order valence-electron chi connectivity index (χ2n) is 4.10. The van der Waals surface area contributed by atoms with Crippen molar-refractivity contribution in [1.29, 1.82) is 0 Å². The molecule has 0 unspecified atom stereocenters. The topological polar surface area (TPSA) is 40.5 Å². The van der Waals surface area contributed by atoms with Crippen LogP contribution in [-0.2, 0) is 4.79 Å². The molecule has 1 N–H and O–H groups in total. The van der Waals surface area contributed by atoms with Crippen molar-refractivity contribution in [3.8, 4) is 0 Å². The van der Waals surface area contributed by atoms with Gasteiger partial charge in [0.1, 0.15) is 0 Å². The zero-order chi connectivity index (χ0) is 13.1. The van der Waals surface area contributed by atoms with Gasteiger partial charge >= 0.3 is 5.97 Å². The van der Waals surface area contributed by atoms with Gasteiger partial charge in [-0.1, -0.05) is 24.8 Å². The van der Waals surface area contributed by atoms with E-state index in [9.17, 15) is 4.79 Å². The first-order chi connectivity index (χ1) is 8.07. The van der Waals surface area contributed by atoms with E-state index in [1.165, 1.54) is 0 Å². The number of carbonyl (C=O) groups is 1. The number of unbranched alkanes of at least 4 members (excludes halogenated alkanes) is 1. The minimum absolute atomic E-state index is 0.280. The van der Waals surface area contributed by atoms with Crippen LogP contribution >= 0.6 is 0 Å². The summed E-state index contributed by atoms with van der Waals surface area (Å²) in [5, 5.41) is 8.66. The molecule has 0 aromatic heterocycles. The average molecular weight is 237 g/mol. The predicted octanol–water partition coefficient (Wildman–Crippen LogP) is 2.86. The lowest BCUT2D eigenvalue weighted by Crippen LogP contribution is -2.22. The van der Waals surface area contributed by atoms with Gasteiger partial charge in [-0.3, -0.25) is 0 Å². The molecule has 3 heteroatoms. The third kappa shape index (κ3) is 9.57. The molecule has 0 spiro atoms. The number of hydrogen-bond donors (Lipinski definition) is 1. The lowest BCUT2D eigenvalue weighted by molar-refractivity contribution is -0.132. The number of carboxylic acids is 1. The maximum atomic E-state index is 10.5. The van der Waals surface area contributed by atoms with E-state index in [-0.39, 0.29) is 5.57 Å². The van der Waals surface area contributed by atoms with Crippen LogP contribution in [-0.4, -0.2) is 36.1 Å². The molecule has 3 nitrogen and oxygen atoms in total. The molecule has 0 bridgehead atoms. The third-order valence-corrected chi connectivity index (χ3v) is 2.48. The molecular formula is C14H23NO2. The normalized spacial score (nSPS) is 10.9. The van der Waals surface area contributed by atoms with E-state index in [2.05, 4.69) is 30.2 Å². The molecule has 0 amide bonds. The highest BCUT2D eigenvalue weighted by Crippen LogP contribution is 2.01. The van der Waals surface area contributed by atoms with Crippen LogP contribution in [0.3, 0.4) is 0 Å². The lowest BCUT2D eigenvalue weighted by atomic mass is 10.2.